The van der Waals surface area contributed by atoms with Gasteiger partial charge in [-0.05, 0) is 37.6 Å². The Bertz CT molecular complexity index is 725. The van der Waals surface area contributed by atoms with Crippen LogP contribution in [0.2, 0.25) is 0 Å². The van der Waals surface area contributed by atoms with E-state index < -0.39 is 0 Å². The highest BCUT2D eigenvalue weighted by Gasteiger charge is 2.13. The van der Waals surface area contributed by atoms with E-state index in [1.54, 1.807) is 36.4 Å². The van der Waals surface area contributed by atoms with Gasteiger partial charge in [-0.15, -0.1) is 0 Å². The largest absolute Gasteiger partial charge is 0.493 e. The van der Waals surface area contributed by atoms with E-state index in [0.717, 1.165) is 12.8 Å². The van der Waals surface area contributed by atoms with Crippen LogP contribution < -0.4 is 10.1 Å². The summed E-state index contributed by atoms with van der Waals surface area (Å²) in [6, 6.07) is 14.1. The van der Waals surface area contributed by atoms with Gasteiger partial charge in [-0.1, -0.05) is 50.5 Å². The number of carbonyl (C=O) groups is 2. The van der Waals surface area contributed by atoms with Gasteiger partial charge in [-0.2, -0.15) is 0 Å². The van der Waals surface area contributed by atoms with E-state index in [-0.39, 0.29) is 11.7 Å². The SMILES string of the molecule is CCCCCCOc1ccccc1C(=O)Nc1cccc(C(C)=O)c1. The summed E-state index contributed by atoms with van der Waals surface area (Å²) in [5.41, 5.74) is 1.65. The van der Waals surface area contributed by atoms with Gasteiger partial charge in [-0.3, -0.25) is 9.59 Å². The number of hydrogen-bond acceptors (Lipinski definition) is 3. The molecule has 0 spiro atoms. The highest BCUT2D eigenvalue weighted by atomic mass is 16.5. The van der Waals surface area contributed by atoms with Crippen LogP contribution in [-0.2, 0) is 0 Å². The van der Waals surface area contributed by atoms with Crippen molar-refractivity contribution in [2.24, 2.45) is 0 Å². The van der Waals surface area contributed by atoms with Crippen LogP contribution in [0, 0.1) is 0 Å². The molecule has 0 bridgehead atoms. The van der Waals surface area contributed by atoms with Gasteiger partial charge in [0.25, 0.3) is 5.91 Å². The van der Waals surface area contributed by atoms with Crippen LogP contribution in [0.4, 0.5) is 5.69 Å². The molecule has 0 aliphatic heterocycles. The summed E-state index contributed by atoms with van der Waals surface area (Å²) in [5, 5.41) is 2.83. The number of unbranched alkanes of at least 4 members (excludes halogenated alkanes) is 3. The summed E-state index contributed by atoms with van der Waals surface area (Å²) in [6.45, 7) is 4.27. The Labute approximate surface area is 149 Å². The quantitative estimate of drug-likeness (QED) is 0.511. The monoisotopic (exact) mass is 339 g/mol. The van der Waals surface area contributed by atoms with E-state index >= 15 is 0 Å². The Morgan fingerprint density at radius 2 is 1.80 bits per heavy atom. The number of ketones is 1. The summed E-state index contributed by atoms with van der Waals surface area (Å²) in [5.74, 6) is 0.302. The molecular formula is C21H25NO3. The van der Waals surface area contributed by atoms with Gasteiger partial charge in [-0.25, -0.2) is 0 Å². The topological polar surface area (TPSA) is 55.4 Å². The minimum atomic E-state index is -0.245. The van der Waals surface area contributed by atoms with Crippen molar-refractivity contribution < 1.29 is 14.3 Å². The molecule has 0 unspecified atom stereocenters. The number of carbonyl (C=O) groups excluding carboxylic acids is 2. The molecule has 2 aromatic rings. The van der Waals surface area contributed by atoms with Gasteiger partial charge in [0.05, 0.1) is 12.2 Å². The fourth-order valence-electron chi connectivity index (χ4n) is 2.51. The Morgan fingerprint density at radius 3 is 2.56 bits per heavy atom. The molecule has 25 heavy (non-hydrogen) atoms. The summed E-state index contributed by atoms with van der Waals surface area (Å²) in [4.78, 5) is 24.0. The zero-order valence-corrected chi connectivity index (χ0v) is 14.9. The lowest BCUT2D eigenvalue weighted by atomic mass is 10.1. The predicted molar refractivity (Wildman–Crippen MR) is 100 cm³/mol. The average molecular weight is 339 g/mol. The molecule has 4 nitrogen and oxygen atoms in total. The second kappa shape index (κ2) is 9.62. The summed E-state index contributed by atoms with van der Waals surface area (Å²) < 4.78 is 5.79. The predicted octanol–water partition coefficient (Wildman–Crippen LogP) is 5.10. The number of Topliss-reactive ketones (excluding diaryl/α,β-unsaturated/α-hetero) is 1. The Morgan fingerprint density at radius 1 is 1.00 bits per heavy atom. The highest BCUT2D eigenvalue weighted by molar-refractivity contribution is 6.06. The second-order valence-corrected chi connectivity index (χ2v) is 6.00. The highest BCUT2D eigenvalue weighted by Crippen LogP contribution is 2.21. The van der Waals surface area contributed by atoms with E-state index in [4.69, 9.17) is 4.74 Å². The first-order valence-corrected chi connectivity index (χ1v) is 8.76. The molecule has 1 N–H and O–H groups in total. The first-order chi connectivity index (χ1) is 12.1. The van der Waals surface area contributed by atoms with Gasteiger partial charge >= 0.3 is 0 Å². The van der Waals surface area contributed by atoms with Gasteiger partial charge in [0.15, 0.2) is 5.78 Å². The third-order valence-electron chi connectivity index (χ3n) is 3.91. The van der Waals surface area contributed by atoms with Gasteiger partial charge < -0.3 is 10.1 Å². The normalized spacial score (nSPS) is 10.3. The molecule has 0 fully saturated rings. The average Bonchev–Trinajstić information content (AvgIpc) is 2.62. The molecule has 0 saturated heterocycles. The van der Waals surface area contributed by atoms with Gasteiger partial charge in [0.2, 0.25) is 0 Å². The summed E-state index contributed by atoms with van der Waals surface area (Å²) >= 11 is 0. The van der Waals surface area contributed by atoms with Crippen molar-refractivity contribution in [3.63, 3.8) is 0 Å². The second-order valence-electron chi connectivity index (χ2n) is 6.00. The van der Waals surface area contributed by atoms with Crippen molar-refractivity contribution in [2.45, 2.75) is 39.5 Å². The van der Waals surface area contributed by atoms with Crippen molar-refractivity contribution >= 4 is 17.4 Å². The minimum absolute atomic E-state index is 0.0353. The fourth-order valence-corrected chi connectivity index (χ4v) is 2.51. The lowest BCUT2D eigenvalue weighted by Crippen LogP contribution is -2.14. The smallest absolute Gasteiger partial charge is 0.259 e. The van der Waals surface area contributed by atoms with E-state index in [1.165, 1.54) is 19.8 Å². The Hall–Kier alpha value is -2.62. The number of ether oxygens (including phenoxy) is 1. The van der Waals surface area contributed by atoms with Crippen molar-refractivity contribution in [1.29, 1.82) is 0 Å². The fraction of sp³-hybridized carbons (Fsp3) is 0.333. The minimum Gasteiger partial charge on any atom is -0.493 e. The number of nitrogens with one attached hydrogen (secondary N) is 1. The van der Waals surface area contributed by atoms with Crippen molar-refractivity contribution in [3.8, 4) is 5.75 Å². The van der Waals surface area contributed by atoms with E-state index in [1.807, 2.05) is 12.1 Å². The zero-order valence-electron chi connectivity index (χ0n) is 14.9. The molecule has 0 saturated carbocycles. The molecule has 0 heterocycles. The lowest BCUT2D eigenvalue weighted by molar-refractivity contribution is 0.100. The van der Waals surface area contributed by atoms with Crippen LogP contribution in [0.3, 0.4) is 0 Å². The number of anilines is 1. The Balaban J connectivity index is 2.04. The van der Waals surface area contributed by atoms with Crippen LogP contribution in [0.5, 0.6) is 5.75 Å². The number of para-hydroxylation sites is 1. The van der Waals surface area contributed by atoms with Gasteiger partial charge in [0.1, 0.15) is 5.75 Å². The maximum absolute atomic E-state index is 12.6. The van der Waals surface area contributed by atoms with E-state index in [9.17, 15) is 9.59 Å². The first-order valence-electron chi connectivity index (χ1n) is 8.76. The molecule has 4 heteroatoms. The molecule has 0 aliphatic carbocycles. The number of rotatable bonds is 9. The molecule has 2 rings (SSSR count). The van der Waals surface area contributed by atoms with Crippen LogP contribution in [-0.4, -0.2) is 18.3 Å². The lowest BCUT2D eigenvalue weighted by Gasteiger charge is -2.12. The van der Waals surface area contributed by atoms with Crippen LogP contribution >= 0.6 is 0 Å². The van der Waals surface area contributed by atoms with Crippen molar-refractivity contribution in [1.82, 2.24) is 0 Å². The number of amides is 1. The summed E-state index contributed by atoms with van der Waals surface area (Å²) in [7, 11) is 0. The number of hydrogen-bond donors (Lipinski definition) is 1. The molecule has 1 amide bonds. The Kier molecular flexibility index (Phi) is 7.20. The standard InChI is InChI=1S/C21H25NO3/c1-3-4-5-8-14-25-20-13-7-6-12-19(20)21(24)22-18-11-9-10-17(15-18)16(2)23/h6-7,9-13,15H,3-5,8,14H2,1-2H3,(H,22,24). The van der Waals surface area contributed by atoms with Crippen molar-refractivity contribution in [3.05, 3.63) is 59.7 Å². The van der Waals surface area contributed by atoms with E-state index in [0.29, 0.717) is 29.2 Å². The molecule has 132 valence electrons. The molecule has 0 atom stereocenters. The molecule has 0 aromatic heterocycles. The third kappa shape index (κ3) is 5.75. The molecule has 0 radical (unpaired) electrons. The molecule has 0 aliphatic rings. The zero-order chi connectivity index (χ0) is 18.1. The molecular weight excluding hydrogens is 314 g/mol. The maximum atomic E-state index is 12.6. The first kappa shape index (κ1) is 18.7. The van der Waals surface area contributed by atoms with Crippen LogP contribution in [0.1, 0.15) is 60.2 Å². The third-order valence-corrected chi connectivity index (χ3v) is 3.91. The van der Waals surface area contributed by atoms with E-state index in [2.05, 4.69) is 12.2 Å². The van der Waals surface area contributed by atoms with Gasteiger partial charge in [0, 0.05) is 11.3 Å². The summed E-state index contributed by atoms with van der Waals surface area (Å²) in [6.07, 6.45) is 4.48. The molecule has 2 aromatic carbocycles. The van der Waals surface area contributed by atoms with Crippen LogP contribution in [0.25, 0.3) is 0 Å². The maximum Gasteiger partial charge on any atom is 0.259 e. The van der Waals surface area contributed by atoms with Crippen molar-refractivity contribution in [2.75, 3.05) is 11.9 Å². The van der Waals surface area contributed by atoms with Crippen LogP contribution in [0.15, 0.2) is 48.5 Å². The number of benzene rings is 2.